The third kappa shape index (κ3) is 5.36. The standard InChI is InChI=1S/C16H25N3O2/c1-19(15-8-11-21-12-9-15)10-2-3-16(20)18-14-6-4-13(17)5-7-14/h4-7,15H,2-3,8-12,17H2,1H3,(H,18,20). The van der Waals surface area contributed by atoms with Crippen molar-refractivity contribution in [2.24, 2.45) is 0 Å². The van der Waals surface area contributed by atoms with E-state index in [1.807, 2.05) is 12.1 Å². The van der Waals surface area contributed by atoms with Crippen LogP contribution in [0.3, 0.4) is 0 Å². The molecule has 2 rings (SSSR count). The number of nitrogens with two attached hydrogens (primary N) is 1. The molecule has 1 aliphatic rings. The molecule has 0 atom stereocenters. The number of carbonyl (C=O) groups excluding carboxylic acids is 1. The molecule has 0 aromatic heterocycles. The first kappa shape index (κ1) is 15.8. The van der Waals surface area contributed by atoms with Gasteiger partial charge < -0.3 is 20.7 Å². The van der Waals surface area contributed by atoms with E-state index < -0.39 is 0 Å². The minimum atomic E-state index is 0.0557. The first-order chi connectivity index (χ1) is 10.1. The molecule has 0 spiro atoms. The summed E-state index contributed by atoms with van der Waals surface area (Å²) < 4.78 is 5.37. The molecule has 0 radical (unpaired) electrons. The molecule has 1 amide bonds. The zero-order chi connectivity index (χ0) is 15.1. The van der Waals surface area contributed by atoms with Gasteiger partial charge in [0.1, 0.15) is 0 Å². The highest BCUT2D eigenvalue weighted by atomic mass is 16.5. The molecular formula is C16H25N3O2. The van der Waals surface area contributed by atoms with Crippen molar-refractivity contribution in [3.63, 3.8) is 0 Å². The Labute approximate surface area is 126 Å². The van der Waals surface area contributed by atoms with Crippen molar-refractivity contribution in [2.75, 3.05) is 37.9 Å². The maximum atomic E-state index is 11.9. The normalized spacial score (nSPS) is 16.1. The van der Waals surface area contributed by atoms with Crippen LogP contribution in [-0.4, -0.2) is 43.7 Å². The van der Waals surface area contributed by atoms with Gasteiger partial charge in [-0.1, -0.05) is 0 Å². The number of hydrogen-bond acceptors (Lipinski definition) is 4. The van der Waals surface area contributed by atoms with E-state index in [0.717, 1.165) is 44.7 Å². The maximum Gasteiger partial charge on any atom is 0.224 e. The molecular weight excluding hydrogens is 266 g/mol. The topological polar surface area (TPSA) is 67.6 Å². The number of ether oxygens (including phenoxy) is 1. The van der Waals surface area contributed by atoms with E-state index in [1.165, 1.54) is 0 Å². The van der Waals surface area contributed by atoms with Crippen molar-refractivity contribution < 1.29 is 9.53 Å². The summed E-state index contributed by atoms with van der Waals surface area (Å²) in [5.74, 6) is 0.0557. The smallest absolute Gasteiger partial charge is 0.224 e. The van der Waals surface area contributed by atoms with Crippen LogP contribution < -0.4 is 11.1 Å². The number of hydrogen-bond donors (Lipinski definition) is 2. The van der Waals surface area contributed by atoms with Crippen LogP contribution in [0, 0.1) is 0 Å². The largest absolute Gasteiger partial charge is 0.399 e. The minimum absolute atomic E-state index is 0.0557. The van der Waals surface area contributed by atoms with Crippen molar-refractivity contribution >= 4 is 17.3 Å². The number of nitrogens with one attached hydrogen (secondary N) is 1. The molecule has 0 saturated carbocycles. The fourth-order valence-electron chi connectivity index (χ4n) is 2.59. The lowest BCUT2D eigenvalue weighted by atomic mass is 10.1. The summed E-state index contributed by atoms with van der Waals surface area (Å²) in [6, 6.07) is 7.81. The van der Waals surface area contributed by atoms with Crippen LogP contribution in [0.25, 0.3) is 0 Å². The predicted octanol–water partition coefficient (Wildman–Crippen LogP) is 2.10. The number of nitrogens with zero attached hydrogens (tertiary/aromatic N) is 1. The van der Waals surface area contributed by atoms with Gasteiger partial charge in [0.2, 0.25) is 5.91 Å². The van der Waals surface area contributed by atoms with Crippen molar-refractivity contribution in [1.29, 1.82) is 0 Å². The number of benzene rings is 1. The van der Waals surface area contributed by atoms with Crippen molar-refractivity contribution in [2.45, 2.75) is 31.7 Å². The van der Waals surface area contributed by atoms with Crippen LogP contribution in [0.4, 0.5) is 11.4 Å². The van der Waals surface area contributed by atoms with Crippen LogP contribution in [0.1, 0.15) is 25.7 Å². The number of carbonyl (C=O) groups is 1. The predicted molar refractivity (Wildman–Crippen MR) is 85.2 cm³/mol. The average Bonchev–Trinajstić information content (AvgIpc) is 2.50. The van der Waals surface area contributed by atoms with Crippen molar-refractivity contribution in [3.8, 4) is 0 Å². The molecule has 116 valence electrons. The van der Waals surface area contributed by atoms with Gasteiger partial charge in [0.15, 0.2) is 0 Å². The number of amides is 1. The number of rotatable bonds is 6. The minimum Gasteiger partial charge on any atom is -0.399 e. The lowest BCUT2D eigenvalue weighted by molar-refractivity contribution is -0.116. The van der Waals surface area contributed by atoms with E-state index in [0.29, 0.717) is 18.2 Å². The first-order valence-electron chi connectivity index (χ1n) is 7.58. The highest BCUT2D eigenvalue weighted by Gasteiger charge is 2.18. The van der Waals surface area contributed by atoms with Gasteiger partial charge >= 0.3 is 0 Å². The van der Waals surface area contributed by atoms with E-state index in [2.05, 4.69) is 17.3 Å². The van der Waals surface area contributed by atoms with E-state index in [9.17, 15) is 4.79 Å². The summed E-state index contributed by atoms with van der Waals surface area (Å²) in [6.45, 7) is 2.65. The molecule has 0 unspecified atom stereocenters. The van der Waals surface area contributed by atoms with E-state index in [1.54, 1.807) is 12.1 Å². The molecule has 1 aliphatic heterocycles. The van der Waals surface area contributed by atoms with E-state index in [4.69, 9.17) is 10.5 Å². The first-order valence-corrected chi connectivity index (χ1v) is 7.58. The van der Waals surface area contributed by atoms with Crippen LogP contribution >= 0.6 is 0 Å². The molecule has 5 nitrogen and oxygen atoms in total. The quantitative estimate of drug-likeness (QED) is 0.788. The Bertz CT molecular complexity index is 441. The lowest BCUT2D eigenvalue weighted by Gasteiger charge is -2.31. The summed E-state index contributed by atoms with van der Waals surface area (Å²) in [6.07, 6.45) is 3.59. The summed E-state index contributed by atoms with van der Waals surface area (Å²) >= 11 is 0. The van der Waals surface area contributed by atoms with E-state index in [-0.39, 0.29) is 5.91 Å². The fraction of sp³-hybridized carbons (Fsp3) is 0.562. The second-order valence-electron chi connectivity index (χ2n) is 5.60. The van der Waals surface area contributed by atoms with Crippen LogP contribution in [0.2, 0.25) is 0 Å². The summed E-state index contributed by atoms with van der Waals surface area (Å²) in [5.41, 5.74) is 7.11. The number of anilines is 2. The Morgan fingerprint density at radius 2 is 2.00 bits per heavy atom. The molecule has 0 aliphatic carbocycles. The lowest BCUT2D eigenvalue weighted by Crippen LogP contribution is -2.37. The Balaban J connectivity index is 1.65. The average molecular weight is 291 g/mol. The van der Waals surface area contributed by atoms with Gasteiger partial charge in [-0.05, 0) is 57.1 Å². The molecule has 1 fully saturated rings. The van der Waals surface area contributed by atoms with Crippen LogP contribution in [0.5, 0.6) is 0 Å². The van der Waals surface area contributed by atoms with Crippen LogP contribution in [-0.2, 0) is 9.53 Å². The van der Waals surface area contributed by atoms with Gasteiger partial charge in [-0.15, -0.1) is 0 Å². The van der Waals surface area contributed by atoms with Gasteiger partial charge in [0.25, 0.3) is 0 Å². The molecule has 1 aromatic carbocycles. The summed E-state index contributed by atoms with van der Waals surface area (Å²) in [7, 11) is 2.13. The zero-order valence-electron chi connectivity index (χ0n) is 12.7. The van der Waals surface area contributed by atoms with Gasteiger partial charge in [0.05, 0.1) is 0 Å². The van der Waals surface area contributed by atoms with Gasteiger partial charge in [0, 0.05) is 37.1 Å². The molecule has 21 heavy (non-hydrogen) atoms. The highest BCUT2D eigenvalue weighted by Crippen LogP contribution is 2.14. The summed E-state index contributed by atoms with van der Waals surface area (Å²) in [4.78, 5) is 14.2. The maximum absolute atomic E-state index is 11.9. The Morgan fingerprint density at radius 3 is 2.67 bits per heavy atom. The molecule has 1 heterocycles. The molecule has 1 aromatic rings. The monoisotopic (exact) mass is 291 g/mol. The Kier molecular flexibility index (Phi) is 6.02. The molecule has 5 heteroatoms. The summed E-state index contributed by atoms with van der Waals surface area (Å²) in [5, 5.41) is 2.89. The number of nitrogen functional groups attached to an aromatic ring is 1. The SMILES string of the molecule is CN(CCCC(=O)Nc1ccc(N)cc1)C1CCOCC1. The second kappa shape index (κ2) is 8.00. The van der Waals surface area contributed by atoms with Gasteiger partial charge in [-0.2, -0.15) is 0 Å². The van der Waals surface area contributed by atoms with Crippen molar-refractivity contribution in [1.82, 2.24) is 4.90 Å². The van der Waals surface area contributed by atoms with Gasteiger partial charge in [-0.3, -0.25) is 4.79 Å². The third-order valence-electron chi connectivity index (χ3n) is 3.92. The molecule has 0 bridgehead atoms. The van der Waals surface area contributed by atoms with E-state index >= 15 is 0 Å². The highest BCUT2D eigenvalue weighted by molar-refractivity contribution is 5.90. The Hall–Kier alpha value is -1.59. The third-order valence-corrected chi connectivity index (χ3v) is 3.92. The molecule has 1 saturated heterocycles. The Morgan fingerprint density at radius 1 is 1.33 bits per heavy atom. The molecule has 3 N–H and O–H groups in total. The van der Waals surface area contributed by atoms with Gasteiger partial charge in [-0.25, -0.2) is 0 Å². The van der Waals surface area contributed by atoms with Crippen molar-refractivity contribution in [3.05, 3.63) is 24.3 Å². The second-order valence-corrected chi connectivity index (χ2v) is 5.60. The zero-order valence-corrected chi connectivity index (χ0v) is 12.7. The van der Waals surface area contributed by atoms with Crippen LogP contribution in [0.15, 0.2) is 24.3 Å². The fourth-order valence-corrected chi connectivity index (χ4v) is 2.59.